The van der Waals surface area contributed by atoms with Crippen LogP contribution in [0.3, 0.4) is 0 Å². The Labute approximate surface area is 114 Å². The molecule has 98 valence electrons. The topological polar surface area (TPSA) is 50.9 Å². The first kappa shape index (κ1) is 13.3. The van der Waals surface area contributed by atoms with E-state index in [-0.39, 0.29) is 0 Å². The van der Waals surface area contributed by atoms with Gasteiger partial charge >= 0.3 is 0 Å². The second-order valence-corrected chi connectivity index (χ2v) is 6.40. The van der Waals surface area contributed by atoms with Gasteiger partial charge in [0.05, 0.1) is 5.56 Å². The van der Waals surface area contributed by atoms with Gasteiger partial charge < -0.3 is 11.1 Å². The summed E-state index contributed by atoms with van der Waals surface area (Å²) in [5.41, 5.74) is 7.99. The number of hydrogen-bond acceptors (Lipinski definition) is 3. The summed E-state index contributed by atoms with van der Waals surface area (Å²) in [6.07, 6.45) is 3.59. The fraction of sp³-hybridized carbons (Fsp3) is 0.571. The van der Waals surface area contributed by atoms with Crippen molar-refractivity contribution in [3.8, 4) is 0 Å². The molecule has 4 heteroatoms. The van der Waals surface area contributed by atoms with E-state index in [2.05, 4.69) is 24.1 Å². The Morgan fingerprint density at radius 2 is 2.22 bits per heavy atom. The first-order chi connectivity index (χ1) is 8.37. The summed E-state index contributed by atoms with van der Waals surface area (Å²) >= 11 is 5.08. The van der Waals surface area contributed by atoms with E-state index in [1.54, 1.807) is 0 Å². The summed E-state index contributed by atoms with van der Waals surface area (Å²) in [6, 6.07) is 4.37. The zero-order valence-electron chi connectivity index (χ0n) is 11.3. The molecule has 0 saturated heterocycles. The SMILES string of the molecule is Cc1ccc(C(N)=S)c(NC2CCC(C)(C)C2)n1. The number of nitrogens with one attached hydrogen (secondary N) is 1. The summed E-state index contributed by atoms with van der Waals surface area (Å²) < 4.78 is 0. The number of thiocarbonyl (C=S) groups is 1. The highest BCUT2D eigenvalue weighted by molar-refractivity contribution is 7.80. The van der Waals surface area contributed by atoms with Gasteiger partial charge in [0.25, 0.3) is 0 Å². The molecule has 1 aliphatic carbocycles. The number of nitrogens with two attached hydrogens (primary N) is 1. The Hall–Kier alpha value is -1.16. The Kier molecular flexibility index (Phi) is 3.57. The Bertz CT molecular complexity index is 468. The van der Waals surface area contributed by atoms with Gasteiger partial charge in [0.2, 0.25) is 0 Å². The number of aromatic nitrogens is 1. The van der Waals surface area contributed by atoms with Crippen LogP contribution in [0.25, 0.3) is 0 Å². The quantitative estimate of drug-likeness (QED) is 0.823. The lowest BCUT2D eigenvalue weighted by molar-refractivity contribution is 0.378. The maximum absolute atomic E-state index is 5.74. The van der Waals surface area contributed by atoms with E-state index in [1.165, 1.54) is 19.3 Å². The molecule has 1 fully saturated rings. The van der Waals surface area contributed by atoms with Crippen molar-refractivity contribution >= 4 is 23.0 Å². The molecule has 1 aliphatic rings. The number of aryl methyl sites for hydroxylation is 1. The first-order valence-electron chi connectivity index (χ1n) is 6.41. The molecule has 1 atom stereocenters. The van der Waals surface area contributed by atoms with Gasteiger partial charge in [-0.05, 0) is 43.7 Å². The van der Waals surface area contributed by atoms with Crippen molar-refractivity contribution in [2.45, 2.75) is 46.1 Å². The van der Waals surface area contributed by atoms with Crippen LogP contribution in [0.5, 0.6) is 0 Å². The van der Waals surface area contributed by atoms with Crippen molar-refractivity contribution < 1.29 is 0 Å². The molecular formula is C14H21N3S. The fourth-order valence-corrected chi connectivity index (χ4v) is 2.78. The maximum atomic E-state index is 5.74. The van der Waals surface area contributed by atoms with E-state index in [0.29, 0.717) is 16.4 Å². The highest BCUT2D eigenvalue weighted by Gasteiger charge is 2.31. The van der Waals surface area contributed by atoms with Crippen molar-refractivity contribution in [3.05, 3.63) is 23.4 Å². The van der Waals surface area contributed by atoms with E-state index in [0.717, 1.165) is 17.1 Å². The predicted molar refractivity (Wildman–Crippen MR) is 79.9 cm³/mol. The van der Waals surface area contributed by atoms with Gasteiger partial charge in [0.15, 0.2) is 0 Å². The number of hydrogen-bond donors (Lipinski definition) is 2. The second kappa shape index (κ2) is 4.84. The second-order valence-electron chi connectivity index (χ2n) is 5.96. The van der Waals surface area contributed by atoms with E-state index in [1.807, 2.05) is 19.1 Å². The molecule has 1 saturated carbocycles. The third-order valence-corrected chi connectivity index (χ3v) is 3.83. The minimum Gasteiger partial charge on any atom is -0.389 e. The van der Waals surface area contributed by atoms with E-state index >= 15 is 0 Å². The molecule has 0 aliphatic heterocycles. The molecule has 0 bridgehead atoms. The molecule has 0 spiro atoms. The maximum Gasteiger partial charge on any atom is 0.136 e. The molecule has 0 radical (unpaired) electrons. The lowest BCUT2D eigenvalue weighted by atomic mass is 9.92. The standard InChI is InChI=1S/C14H21N3S/c1-9-4-5-11(12(15)18)13(16-9)17-10-6-7-14(2,3)8-10/h4-5,10H,6-8H2,1-3H3,(H2,15,18)(H,16,17). The summed E-state index contributed by atoms with van der Waals surface area (Å²) in [5, 5.41) is 3.51. The van der Waals surface area contributed by atoms with Gasteiger partial charge in [-0.25, -0.2) is 4.98 Å². The lowest BCUT2D eigenvalue weighted by Crippen LogP contribution is -2.22. The first-order valence-corrected chi connectivity index (χ1v) is 6.82. The van der Waals surface area contributed by atoms with Crippen molar-refractivity contribution in [1.82, 2.24) is 4.98 Å². The highest BCUT2D eigenvalue weighted by atomic mass is 32.1. The Balaban J connectivity index is 2.18. The van der Waals surface area contributed by atoms with Crippen LogP contribution in [0.1, 0.15) is 44.4 Å². The number of nitrogens with zero attached hydrogens (tertiary/aromatic N) is 1. The van der Waals surface area contributed by atoms with Crippen molar-refractivity contribution in [2.75, 3.05) is 5.32 Å². The van der Waals surface area contributed by atoms with Crippen LogP contribution in [0.2, 0.25) is 0 Å². The lowest BCUT2D eigenvalue weighted by Gasteiger charge is -2.19. The van der Waals surface area contributed by atoms with Crippen LogP contribution in [-0.4, -0.2) is 16.0 Å². The molecule has 1 aromatic heterocycles. The summed E-state index contributed by atoms with van der Waals surface area (Å²) in [7, 11) is 0. The smallest absolute Gasteiger partial charge is 0.136 e. The predicted octanol–water partition coefficient (Wildman–Crippen LogP) is 3.01. The minimum atomic E-state index is 0.405. The largest absolute Gasteiger partial charge is 0.389 e. The number of pyridine rings is 1. The molecule has 3 nitrogen and oxygen atoms in total. The van der Waals surface area contributed by atoms with Crippen LogP contribution in [0.4, 0.5) is 5.82 Å². The van der Waals surface area contributed by atoms with Crippen LogP contribution in [0, 0.1) is 12.3 Å². The van der Waals surface area contributed by atoms with Crippen LogP contribution in [-0.2, 0) is 0 Å². The normalized spacial score (nSPS) is 21.8. The summed E-state index contributed by atoms with van der Waals surface area (Å²) in [6.45, 7) is 6.60. The van der Waals surface area contributed by atoms with Gasteiger partial charge in [-0.3, -0.25) is 0 Å². The zero-order valence-corrected chi connectivity index (χ0v) is 12.1. The van der Waals surface area contributed by atoms with E-state index in [4.69, 9.17) is 18.0 Å². The van der Waals surface area contributed by atoms with Gasteiger partial charge in [-0.15, -0.1) is 0 Å². The average Bonchev–Trinajstić information content (AvgIpc) is 2.57. The van der Waals surface area contributed by atoms with Crippen molar-refractivity contribution in [1.29, 1.82) is 0 Å². The van der Waals surface area contributed by atoms with Crippen LogP contribution >= 0.6 is 12.2 Å². The van der Waals surface area contributed by atoms with E-state index in [9.17, 15) is 0 Å². The van der Waals surface area contributed by atoms with Gasteiger partial charge in [0, 0.05) is 11.7 Å². The molecule has 18 heavy (non-hydrogen) atoms. The molecule has 0 amide bonds. The third-order valence-electron chi connectivity index (χ3n) is 3.61. The number of rotatable bonds is 3. The molecule has 0 aromatic carbocycles. The van der Waals surface area contributed by atoms with E-state index < -0.39 is 0 Å². The summed E-state index contributed by atoms with van der Waals surface area (Å²) in [4.78, 5) is 4.93. The number of anilines is 1. The molecule has 3 N–H and O–H groups in total. The fourth-order valence-electron chi connectivity index (χ4n) is 2.62. The van der Waals surface area contributed by atoms with Crippen LogP contribution in [0.15, 0.2) is 12.1 Å². The Morgan fingerprint density at radius 1 is 1.50 bits per heavy atom. The molecule has 2 rings (SSSR count). The van der Waals surface area contributed by atoms with Gasteiger partial charge in [0.1, 0.15) is 10.8 Å². The molecule has 1 aromatic rings. The molecular weight excluding hydrogens is 242 g/mol. The van der Waals surface area contributed by atoms with Gasteiger partial charge in [-0.2, -0.15) is 0 Å². The third kappa shape index (κ3) is 2.99. The summed E-state index contributed by atoms with van der Waals surface area (Å²) in [5.74, 6) is 0.838. The average molecular weight is 263 g/mol. The minimum absolute atomic E-state index is 0.405. The van der Waals surface area contributed by atoms with Crippen molar-refractivity contribution in [3.63, 3.8) is 0 Å². The monoisotopic (exact) mass is 263 g/mol. The Morgan fingerprint density at radius 3 is 2.78 bits per heavy atom. The van der Waals surface area contributed by atoms with Crippen molar-refractivity contribution in [2.24, 2.45) is 11.1 Å². The zero-order chi connectivity index (χ0) is 13.3. The van der Waals surface area contributed by atoms with Crippen LogP contribution < -0.4 is 11.1 Å². The van der Waals surface area contributed by atoms with Gasteiger partial charge in [-0.1, -0.05) is 26.1 Å². The highest BCUT2D eigenvalue weighted by Crippen LogP contribution is 2.38. The molecule has 1 unspecified atom stereocenters. The molecule has 1 heterocycles.